The summed E-state index contributed by atoms with van der Waals surface area (Å²) in [7, 11) is -3.52. The summed E-state index contributed by atoms with van der Waals surface area (Å²) in [5.41, 5.74) is 0. The third-order valence-electron chi connectivity index (χ3n) is 2.12. The predicted octanol–water partition coefficient (Wildman–Crippen LogP) is 1.37. The molecule has 6 heteroatoms. The molecule has 102 valence electrons. The number of hydrogen-bond donors (Lipinski definition) is 0. The van der Waals surface area contributed by atoms with Gasteiger partial charge in [0.2, 0.25) is 0 Å². The summed E-state index contributed by atoms with van der Waals surface area (Å²) in [5, 5.41) is 0. The van der Waals surface area contributed by atoms with E-state index in [1.54, 1.807) is 6.92 Å². The van der Waals surface area contributed by atoms with Crippen LogP contribution in [0.3, 0.4) is 0 Å². The molecule has 0 bridgehead atoms. The van der Waals surface area contributed by atoms with Crippen molar-refractivity contribution in [3.05, 3.63) is 0 Å². The highest BCUT2D eigenvalue weighted by molar-refractivity contribution is 7.86. The van der Waals surface area contributed by atoms with Gasteiger partial charge in [0.15, 0.2) is 0 Å². The van der Waals surface area contributed by atoms with Crippen LogP contribution in [0.5, 0.6) is 0 Å². The highest BCUT2D eigenvalue weighted by atomic mass is 32.2. The van der Waals surface area contributed by atoms with Crippen molar-refractivity contribution in [3.8, 4) is 0 Å². The number of aldehydes is 1. The van der Waals surface area contributed by atoms with Gasteiger partial charge in [0.25, 0.3) is 10.1 Å². The quantitative estimate of drug-likeness (QED) is 0.339. The SMILES string of the molecule is CCCCOC[C@@H](C[C@H](C)C=O)OS(C)(=O)=O. The Morgan fingerprint density at radius 2 is 2.00 bits per heavy atom. The molecule has 0 unspecified atom stereocenters. The lowest BCUT2D eigenvalue weighted by Crippen LogP contribution is -2.26. The number of hydrogen-bond acceptors (Lipinski definition) is 5. The van der Waals surface area contributed by atoms with E-state index in [1.807, 2.05) is 6.92 Å². The molecule has 0 fully saturated rings. The minimum atomic E-state index is -3.52. The van der Waals surface area contributed by atoms with Gasteiger partial charge in [-0.1, -0.05) is 20.3 Å². The van der Waals surface area contributed by atoms with Gasteiger partial charge < -0.3 is 9.53 Å². The van der Waals surface area contributed by atoms with Crippen molar-refractivity contribution < 1.29 is 22.1 Å². The Kier molecular flexibility index (Phi) is 8.37. The first-order valence-corrected chi connectivity index (χ1v) is 7.62. The lowest BCUT2D eigenvalue weighted by molar-refractivity contribution is -0.111. The van der Waals surface area contributed by atoms with Crippen molar-refractivity contribution in [3.63, 3.8) is 0 Å². The monoisotopic (exact) mass is 266 g/mol. The average molecular weight is 266 g/mol. The first-order valence-electron chi connectivity index (χ1n) is 5.80. The van der Waals surface area contributed by atoms with E-state index in [0.29, 0.717) is 13.0 Å². The van der Waals surface area contributed by atoms with Crippen molar-refractivity contribution in [2.45, 2.75) is 39.2 Å². The Morgan fingerprint density at radius 1 is 1.35 bits per heavy atom. The van der Waals surface area contributed by atoms with E-state index < -0.39 is 16.2 Å². The van der Waals surface area contributed by atoms with Crippen LogP contribution in [0.15, 0.2) is 0 Å². The maximum atomic E-state index is 11.0. The maximum absolute atomic E-state index is 11.0. The number of rotatable bonds is 10. The number of carbonyl (C=O) groups is 1. The van der Waals surface area contributed by atoms with Crippen LogP contribution in [0.4, 0.5) is 0 Å². The Morgan fingerprint density at radius 3 is 2.47 bits per heavy atom. The standard InChI is InChI=1S/C11H22O5S/c1-4-5-6-15-9-11(7-10(2)8-12)16-17(3,13)14/h8,10-11H,4-7,9H2,1-3H3/t10-,11+/m0/s1. The molecule has 0 aliphatic rings. The van der Waals surface area contributed by atoms with E-state index in [9.17, 15) is 13.2 Å². The fraction of sp³-hybridized carbons (Fsp3) is 0.909. The topological polar surface area (TPSA) is 69.7 Å². The molecule has 0 aromatic carbocycles. The maximum Gasteiger partial charge on any atom is 0.264 e. The molecule has 0 aromatic heterocycles. The molecule has 0 aliphatic heterocycles. The fourth-order valence-electron chi connectivity index (χ4n) is 1.31. The van der Waals surface area contributed by atoms with Gasteiger partial charge in [-0.25, -0.2) is 0 Å². The second-order valence-corrected chi connectivity index (χ2v) is 5.80. The van der Waals surface area contributed by atoms with Crippen molar-refractivity contribution in [1.29, 1.82) is 0 Å². The first-order chi connectivity index (χ1) is 7.89. The van der Waals surface area contributed by atoms with Gasteiger partial charge in [0.1, 0.15) is 12.4 Å². The van der Waals surface area contributed by atoms with Crippen molar-refractivity contribution in [2.75, 3.05) is 19.5 Å². The third-order valence-corrected chi connectivity index (χ3v) is 2.75. The Hall–Kier alpha value is -0.460. The summed E-state index contributed by atoms with van der Waals surface area (Å²) in [6.07, 6.45) is 3.49. The molecule has 0 radical (unpaired) electrons. The summed E-state index contributed by atoms with van der Waals surface area (Å²) in [4.78, 5) is 10.5. The van der Waals surface area contributed by atoms with Gasteiger partial charge in [-0.3, -0.25) is 4.18 Å². The van der Waals surface area contributed by atoms with Crippen LogP contribution in [0.1, 0.15) is 33.1 Å². The van der Waals surface area contributed by atoms with Gasteiger partial charge >= 0.3 is 0 Å². The molecule has 0 spiro atoms. The normalized spacial score (nSPS) is 15.5. The van der Waals surface area contributed by atoms with Crippen LogP contribution in [0.25, 0.3) is 0 Å². The van der Waals surface area contributed by atoms with Crippen molar-refractivity contribution in [1.82, 2.24) is 0 Å². The zero-order chi connectivity index (χ0) is 13.3. The first kappa shape index (κ1) is 16.5. The molecule has 0 amide bonds. The van der Waals surface area contributed by atoms with Crippen LogP contribution in [-0.2, 0) is 23.8 Å². The third kappa shape index (κ3) is 10.4. The Bertz CT molecular complexity index is 299. The summed E-state index contributed by atoms with van der Waals surface area (Å²) in [6, 6.07) is 0. The van der Waals surface area contributed by atoms with E-state index in [0.717, 1.165) is 25.4 Å². The molecule has 0 aromatic rings. The fourth-order valence-corrected chi connectivity index (χ4v) is 1.94. The minimum absolute atomic E-state index is 0.200. The summed E-state index contributed by atoms with van der Waals surface area (Å²) in [6.45, 7) is 4.54. The zero-order valence-electron chi connectivity index (χ0n) is 10.7. The molecule has 17 heavy (non-hydrogen) atoms. The summed E-state index contributed by atoms with van der Waals surface area (Å²) in [5.74, 6) is -0.239. The molecule has 0 rings (SSSR count). The lowest BCUT2D eigenvalue weighted by atomic mass is 10.1. The molecular formula is C11H22O5S. The molecule has 5 nitrogen and oxygen atoms in total. The molecule has 0 saturated carbocycles. The summed E-state index contributed by atoms with van der Waals surface area (Å²) < 4.78 is 32.3. The Labute approximate surface area is 104 Å². The average Bonchev–Trinajstić information content (AvgIpc) is 2.21. The van der Waals surface area contributed by atoms with Gasteiger partial charge in [0, 0.05) is 12.5 Å². The minimum Gasteiger partial charge on any atom is -0.379 e. The predicted molar refractivity (Wildman–Crippen MR) is 65.3 cm³/mol. The van der Waals surface area contributed by atoms with Crippen LogP contribution >= 0.6 is 0 Å². The second-order valence-electron chi connectivity index (χ2n) is 4.20. The van der Waals surface area contributed by atoms with Gasteiger partial charge in [-0.2, -0.15) is 8.42 Å². The van der Waals surface area contributed by atoms with E-state index in [-0.39, 0.29) is 12.5 Å². The molecule has 0 heterocycles. The van der Waals surface area contributed by atoms with Crippen LogP contribution in [-0.4, -0.2) is 40.3 Å². The second kappa shape index (κ2) is 8.60. The molecular weight excluding hydrogens is 244 g/mol. The van der Waals surface area contributed by atoms with Crippen LogP contribution in [0, 0.1) is 5.92 Å². The highest BCUT2D eigenvalue weighted by Crippen LogP contribution is 2.10. The van der Waals surface area contributed by atoms with Gasteiger partial charge in [-0.05, 0) is 12.8 Å². The zero-order valence-corrected chi connectivity index (χ0v) is 11.5. The van der Waals surface area contributed by atoms with E-state index in [1.165, 1.54) is 0 Å². The molecule has 0 N–H and O–H groups in total. The number of carbonyl (C=O) groups excluding carboxylic acids is 1. The number of unbranched alkanes of at least 4 members (excludes halogenated alkanes) is 1. The molecule has 2 atom stereocenters. The number of ether oxygens (including phenoxy) is 1. The van der Waals surface area contributed by atoms with Crippen molar-refractivity contribution >= 4 is 16.4 Å². The molecule has 0 aliphatic carbocycles. The van der Waals surface area contributed by atoms with E-state index in [4.69, 9.17) is 8.92 Å². The van der Waals surface area contributed by atoms with Crippen LogP contribution in [0.2, 0.25) is 0 Å². The van der Waals surface area contributed by atoms with E-state index >= 15 is 0 Å². The van der Waals surface area contributed by atoms with E-state index in [2.05, 4.69) is 0 Å². The largest absolute Gasteiger partial charge is 0.379 e. The smallest absolute Gasteiger partial charge is 0.264 e. The van der Waals surface area contributed by atoms with Gasteiger partial charge in [0.05, 0.1) is 12.9 Å². The highest BCUT2D eigenvalue weighted by Gasteiger charge is 2.18. The molecule has 0 saturated heterocycles. The van der Waals surface area contributed by atoms with Crippen molar-refractivity contribution in [2.24, 2.45) is 5.92 Å². The van der Waals surface area contributed by atoms with Crippen LogP contribution < -0.4 is 0 Å². The lowest BCUT2D eigenvalue weighted by Gasteiger charge is -2.17. The van der Waals surface area contributed by atoms with Gasteiger partial charge in [-0.15, -0.1) is 0 Å². The Balaban J connectivity index is 4.15. The summed E-state index contributed by atoms with van der Waals surface area (Å²) >= 11 is 0.